The van der Waals surface area contributed by atoms with Crippen LogP contribution in [0, 0.1) is 5.92 Å². The number of hydrogen-bond acceptors (Lipinski definition) is 8. The summed E-state index contributed by atoms with van der Waals surface area (Å²) in [5.74, 6) is 1.54. The van der Waals surface area contributed by atoms with Crippen molar-refractivity contribution in [3.63, 3.8) is 0 Å². The number of ether oxygens (including phenoxy) is 1. The smallest absolute Gasteiger partial charge is 0.272 e. The van der Waals surface area contributed by atoms with Crippen molar-refractivity contribution in [3.05, 3.63) is 29.5 Å². The van der Waals surface area contributed by atoms with E-state index in [2.05, 4.69) is 27.6 Å². The minimum Gasteiger partial charge on any atom is -0.375 e. The van der Waals surface area contributed by atoms with Crippen LogP contribution in [0.15, 0.2) is 23.8 Å². The van der Waals surface area contributed by atoms with Crippen LogP contribution in [0.3, 0.4) is 0 Å². The van der Waals surface area contributed by atoms with Crippen LogP contribution >= 0.6 is 11.3 Å². The molecule has 11 heteroatoms. The fourth-order valence-corrected chi connectivity index (χ4v) is 5.16. The molecule has 34 heavy (non-hydrogen) atoms. The summed E-state index contributed by atoms with van der Waals surface area (Å²) in [5.41, 5.74) is 1.18. The Labute approximate surface area is 201 Å². The van der Waals surface area contributed by atoms with E-state index < -0.39 is 0 Å². The number of thiazole rings is 1. The summed E-state index contributed by atoms with van der Waals surface area (Å²) >= 11 is 1.56. The average Bonchev–Trinajstić information content (AvgIpc) is 3.45. The Hall–Kier alpha value is -3.05. The van der Waals surface area contributed by atoms with Crippen molar-refractivity contribution in [2.45, 2.75) is 44.7 Å². The van der Waals surface area contributed by atoms with E-state index in [-0.39, 0.29) is 30.5 Å². The van der Waals surface area contributed by atoms with Crippen LogP contribution in [-0.4, -0.2) is 75.2 Å². The van der Waals surface area contributed by atoms with Crippen LogP contribution in [0.2, 0.25) is 0 Å². The maximum Gasteiger partial charge on any atom is 0.272 e. The number of likely N-dealkylation sites (tertiary alicyclic amines) is 1. The first-order valence-electron chi connectivity index (χ1n) is 11.7. The number of methoxy groups -OCH3 is 1. The van der Waals surface area contributed by atoms with Gasteiger partial charge < -0.3 is 20.3 Å². The molecule has 0 spiro atoms. The van der Waals surface area contributed by atoms with Gasteiger partial charge in [0.2, 0.25) is 5.91 Å². The number of aromatic nitrogens is 4. The third kappa shape index (κ3) is 4.90. The monoisotopic (exact) mass is 483 g/mol. The molecule has 180 valence electrons. The highest BCUT2D eigenvalue weighted by atomic mass is 32.1. The molecule has 1 aliphatic carbocycles. The zero-order valence-corrected chi connectivity index (χ0v) is 20.2. The first kappa shape index (κ1) is 22.7. The quantitative estimate of drug-likeness (QED) is 0.506. The molecular weight excluding hydrogens is 454 g/mol. The van der Waals surface area contributed by atoms with Gasteiger partial charge >= 0.3 is 0 Å². The van der Waals surface area contributed by atoms with Gasteiger partial charge in [0.05, 0.1) is 11.8 Å². The van der Waals surface area contributed by atoms with Crippen LogP contribution in [0.1, 0.15) is 43.1 Å². The molecule has 2 amide bonds. The highest BCUT2D eigenvalue weighted by Gasteiger charge is 2.30. The number of nitrogens with zero attached hydrogens (tertiary/aromatic N) is 5. The second kappa shape index (κ2) is 9.67. The van der Waals surface area contributed by atoms with Gasteiger partial charge in [0.1, 0.15) is 22.9 Å². The molecule has 2 N–H and O–H groups in total. The summed E-state index contributed by atoms with van der Waals surface area (Å²) in [4.78, 5) is 37.4. The molecule has 1 atom stereocenters. The Morgan fingerprint density at radius 1 is 1.24 bits per heavy atom. The molecular formula is C23H29N7O3S. The van der Waals surface area contributed by atoms with Gasteiger partial charge in [0, 0.05) is 49.9 Å². The molecule has 0 bridgehead atoms. The van der Waals surface area contributed by atoms with E-state index in [4.69, 9.17) is 9.72 Å². The second-order valence-corrected chi connectivity index (χ2v) is 9.91. The molecule has 0 radical (unpaired) electrons. The molecule has 10 nitrogen and oxygen atoms in total. The molecule has 1 aliphatic heterocycles. The van der Waals surface area contributed by atoms with Crippen molar-refractivity contribution in [1.29, 1.82) is 0 Å². The largest absolute Gasteiger partial charge is 0.375 e. The van der Waals surface area contributed by atoms with E-state index in [1.54, 1.807) is 33.0 Å². The number of carbonyl (C=O) groups excluding carboxylic acids is 2. The molecule has 4 heterocycles. The maximum absolute atomic E-state index is 13.4. The Morgan fingerprint density at radius 3 is 2.76 bits per heavy atom. The Kier molecular flexibility index (Phi) is 6.46. The lowest BCUT2D eigenvalue weighted by atomic mass is 10.0. The number of carbonyl (C=O) groups is 2. The van der Waals surface area contributed by atoms with Crippen LogP contribution in [0.5, 0.6) is 0 Å². The van der Waals surface area contributed by atoms with Gasteiger partial charge in [-0.25, -0.2) is 14.5 Å². The van der Waals surface area contributed by atoms with Crippen molar-refractivity contribution >= 4 is 33.8 Å². The Balaban J connectivity index is 1.36. The van der Waals surface area contributed by atoms with E-state index in [1.807, 2.05) is 11.6 Å². The molecule has 1 saturated carbocycles. The molecule has 1 saturated heterocycles. The third-order valence-electron chi connectivity index (χ3n) is 6.45. The van der Waals surface area contributed by atoms with Gasteiger partial charge in [-0.3, -0.25) is 9.59 Å². The zero-order valence-electron chi connectivity index (χ0n) is 19.4. The van der Waals surface area contributed by atoms with Crippen LogP contribution in [0.4, 0.5) is 5.82 Å². The van der Waals surface area contributed by atoms with Gasteiger partial charge in [-0.15, -0.1) is 11.3 Å². The van der Waals surface area contributed by atoms with Crippen LogP contribution in [0.25, 0.3) is 16.2 Å². The predicted octanol–water partition coefficient (Wildman–Crippen LogP) is 2.43. The molecule has 0 unspecified atom stereocenters. The van der Waals surface area contributed by atoms with E-state index in [9.17, 15) is 9.59 Å². The van der Waals surface area contributed by atoms with E-state index in [0.717, 1.165) is 10.4 Å². The fraction of sp³-hybridized carbons (Fsp3) is 0.522. The minimum absolute atomic E-state index is 0.0452. The summed E-state index contributed by atoms with van der Waals surface area (Å²) < 4.78 is 6.67. The highest BCUT2D eigenvalue weighted by molar-refractivity contribution is 7.16. The SMILES string of the molecule is COCC(=O)NC1CCN(C(=O)c2cc(N[C@H](C)C3CC3)nc(-c3cnn4ccsc34)n2)CC1. The summed E-state index contributed by atoms with van der Waals surface area (Å²) in [7, 11) is 1.50. The van der Waals surface area contributed by atoms with Gasteiger partial charge in [0.25, 0.3) is 5.91 Å². The number of hydrogen-bond donors (Lipinski definition) is 2. The van der Waals surface area contributed by atoms with Gasteiger partial charge in [0.15, 0.2) is 5.82 Å². The normalized spacial score (nSPS) is 17.6. The number of fused-ring (bicyclic) bond motifs is 1. The first-order valence-corrected chi connectivity index (χ1v) is 12.5. The van der Waals surface area contributed by atoms with Crippen molar-refractivity contribution in [1.82, 2.24) is 29.8 Å². The Morgan fingerprint density at radius 2 is 2.03 bits per heavy atom. The van der Waals surface area contributed by atoms with Crippen molar-refractivity contribution < 1.29 is 14.3 Å². The topological polar surface area (TPSA) is 114 Å². The minimum atomic E-state index is -0.130. The summed E-state index contributed by atoms with van der Waals surface area (Å²) in [6, 6.07) is 2.08. The number of amides is 2. The number of anilines is 1. The molecule has 5 rings (SSSR count). The van der Waals surface area contributed by atoms with Crippen molar-refractivity contribution in [2.24, 2.45) is 5.92 Å². The van der Waals surface area contributed by atoms with Gasteiger partial charge in [-0.1, -0.05) is 0 Å². The average molecular weight is 484 g/mol. The third-order valence-corrected chi connectivity index (χ3v) is 7.33. The highest BCUT2D eigenvalue weighted by Crippen LogP contribution is 2.34. The summed E-state index contributed by atoms with van der Waals surface area (Å²) in [6.07, 6.45) is 7.46. The maximum atomic E-state index is 13.4. The van der Waals surface area contributed by atoms with Crippen LogP contribution < -0.4 is 10.6 Å². The second-order valence-electron chi connectivity index (χ2n) is 9.01. The number of nitrogens with one attached hydrogen (secondary N) is 2. The lowest BCUT2D eigenvalue weighted by Gasteiger charge is -2.32. The molecule has 0 aromatic carbocycles. The summed E-state index contributed by atoms with van der Waals surface area (Å²) in [6.45, 7) is 3.31. The van der Waals surface area contributed by atoms with Gasteiger partial charge in [-0.05, 0) is 38.5 Å². The van der Waals surface area contributed by atoms with Gasteiger partial charge in [-0.2, -0.15) is 5.10 Å². The van der Waals surface area contributed by atoms with Crippen molar-refractivity contribution in [3.8, 4) is 11.4 Å². The lowest BCUT2D eigenvalue weighted by molar-refractivity contribution is -0.125. The molecule has 3 aromatic heterocycles. The van der Waals surface area contributed by atoms with E-state index in [1.165, 1.54) is 20.0 Å². The zero-order chi connectivity index (χ0) is 23.7. The summed E-state index contributed by atoms with van der Waals surface area (Å²) in [5, 5.41) is 12.8. The fourth-order valence-electron chi connectivity index (χ4n) is 4.37. The van der Waals surface area contributed by atoms with E-state index in [0.29, 0.717) is 49.2 Å². The number of piperidine rings is 1. The Bertz CT molecular complexity index is 1180. The predicted molar refractivity (Wildman–Crippen MR) is 129 cm³/mol. The molecule has 2 aliphatic rings. The van der Waals surface area contributed by atoms with Crippen LogP contribution in [-0.2, 0) is 9.53 Å². The lowest BCUT2D eigenvalue weighted by Crippen LogP contribution is -2.47. The molecule has 3 aromatic rings. The number of rotatable bonds is 8. The van der Waals surface area contributed by atoms with Crippen molar-refractivity contribution in [2.75, 3.05) is 32.1 Å². The first-order chi connectivity index (χ1) is 16.5. The van der Waals surface area contributed by atoms with E-state index >= 15 is 0 Å². The molecule has 2 fully saturated rings. The standard InChI is InChI=1S/C23H29N7O3S/c1-14(15-3-4-15)25-19-11-18(27-21(28-19)17-12-24-30-9-10-34-23(17)30)22(32)29-7-5-16(6-8-29)26-20(31)13-33-2/h9-12,14-16H,3-8,13H2,1-2H3,(H,26,31)(H,25,27,28)/t14-/m1/s1.